The number of aliphatic hydroxyl groups excluding tert-OH is 1. The van der Waals surface area contributed by atoms with Gasteiger partial charge in [0.05, 0.1) is 5.60 Å². The minimum Gasteiger partial charge on any atom is -0.456 e. The molecule has 32 heavy (non-hydrogen) atoms. The smallest absolute Gasteiger partial charge is 0.330 e. The number of allylic oxidation sites excluding steroid dienone is 1. The van der Waals surface area contributed by atoms with E-state index < -0.39 is 17.8 Å². The predicted molar refractivity (Wildman–Crippen MR) is 123 cm³/mol. The lowest BCUT2D eigenvalue weighted by atomic mass is 9.69. The van der Waals surface area contributed by atoms with Gasteiger partial charge in [-0.25, -0.2) is 4.79 Å². The first-order valence-corrected chi connectivity index (χ1v) is 12.9. The van der Waals surface area contributed by atoms with Crippen molar-refractivity contribution in [3.63, 3.8) is 0 Å². The summed E-state index contributed by atoms with van der Waals surface area (Å²) in [7, 11) is 0. The van der Waals surface area contributed by atoms with Crippen molar-refractivity contribution in [2.45, 2.75) is 103 Å². The van der Waals surface area contributed by atoms with Crippen molar-refractivity contribution in [2.24, 2.45) is 35.5 Å². The third-order valence-electron chi connectivity index (χ3n) is 9.43. The number of fused-ring (bicyclic) bond motifs is 4. The summed E-state index contributed by atoms with van der Waals surface area (Å²) in [6, 6.07) is 0. The number of hydrogen-bond acceptors (Lipinski definition) is 5. The number of aliphatic hydroxyl groups is 1. The molecular formula is C27H42O5. The van der Waals surface area contributed by atoms with E-state index in [2.05, 4.69) is 33.8 Å². The van der Waals surface area contributed by atoms with E-state index in [9.17, 15) is 14.7 Å². The number of carbonyl (C=O) groups is 2. The maximum absolute atomic E-state index is 13.0. The van der Waals surface area contributed by atoms with Gasteiger partial charge in [-0.15, -0.1) is 0 Å². The molecule has 5 nitrogen and oxygen atoms in total. The third kappa shape index (κ3) is 4.09. The van der Waals surface area contributed by atoms with Crippen LogP contribution in [0.3, 0.4) is 0 Å². The van der Waals surface area contributed by atoms with Gasteiger partial charge in [0.2, 0.25) is 0 Å². The predicted octanol–water partition coefficient (Wildman–Crippen LogP) is 4.85. The average molecular weight is 447 g/mol. The second kappa shape index (κ2) is 9.21. The molecule has 180 valence electrons. The third-order valence-corrected chi connectivity index (χ3v) is 9.43. The largest absolute Gasteiger partial charge is 0.456 e. The summed E-state index contributed by atoms with van der Waals surface area (Å²) < 4.78 is 13.2. The first kappa shape index (κ1) is 23.9. The van der Waals surface area contributed by atoms with Crippen LogP contribution in [0.5, 0.6) is 0 Å². The lowest BCUT2D eigenvalue weighted by Crippen LogP contribution is -2.62. The molecule has 2 saturated carbocycles. The summed E-state index contributed by atoms with van der Waals surface area (Å²) in [6.07, 6.45) is 12.7. The van der Waals surface area contributed by atoms with E-state index in [1.165, 1.54) is 19.3 Å². The number of esters is 1. The van der Waals surface area contributed by atoms with Crippen LogP contribution in [0.1, 0.15) is 85.5 Å². The first-order chi connectivity index (χ1) is 15.2. The number of hydrogen-bond donors (Lipinski definition) is 1. The Morgan fingerprint density at radius 2 is 1.88 bits per heavy atom. The summed E-state index contributed by atoms with van der Waals surface area (Å²) in [6.45, 7) is 8.32. The molecule has 4 rings (SSSR count). The van der Waals surface area contributed by atoms with Crippen molar-refractivity contribution in [3.05, 3.63) is 12.2 Å². The number of Topliss-reactive ketones (excluding diaryl/α,β-unsaturated/α-hetero) is 1. The summed E-state index contributed by atoms with van der Waals surface area (Å²) in [4.78, 5) is 25.2. The maximum atomic E-state index is 13.0. The molecule has 1 N–H and O–H groups in total. The highest BCUT2D eigenvalue weighted by Gasteiger charge is 2.70. The molecule has 2 aliphatic carbocycles. The Bertz CT molecular complexity index is 738. The van der Waals surface area contributed by atoms with E-state index in [1.54, 1.807) is 6.08 Å². The van der Waals surface area contributed by atoms with Crippen LogP contribution in [0, 0.1) is 35.5 Å². The normalized spacial score (nSPS) is 41.9. The van der Waals surface area contributed by atoms with E-state index in [-0.39, 0.29) is 41.5 Å². The van der Waals surface area contributed by atoms with Gasteiger partial charge in [-0.05, 0) is 68.6 Å². The van der Waals surface area contributed by atoms with Crippen LogP contribution >= 0.6 is 0 Å². The molecule has 0 aromatic heterocycles. The van der Waals surface area contributed by atoms with Crippen LogP contribution in [0.15, 0.2) is 12.2 Å². The van der Waals surface area contributed by atoms with E-state index in [0.717, 1.165) is 25.7 Å². The summed E-state index contributed by atoms with van der Waals surface area (Å²) >= 11 is 0. The fraction of sp³-hybridized carbons (Fsp3) is 0.852. The lowest BCUT2D eigenvalue weighted by Gasteiger charge is -2.53. The number of ether oxygens (including phenoxy) is 2. The quantitative estimate of drug-likeness (QED) is 0.447. The van der Waals surface area contributed by atoms with Gasteiger partial charge in [-0.2, -0.15) is 0 Å². The van der Waals surface area contributed by atoms with Gasteiger partial charge in [-0.1, -0.05) is 46.1 Å². The van der Waals surface area contributed by atoms with E-state index in [0.29, 0.717) is 24.7 Å². The minimum atomic E-state index is -0.580. The Balaban J connectivity index is 1.61. The van der Waals surface area contributed by atoms with Crippen molar-refractivity contribution in [1.29, 1.82) is 0 Å². The Hall–Kier alpha value is -1.20. The second-order valence-corrected chi connectivity index (χ2v) is 11.6. The standard InChI is InChI=1S/C27H42O5/c1-17(2)27-15-20(14-21(29)16-28)26(4,32-27)22-12-10-18(3)24(22)25(27)31-23(30)13-11-19-8-6-5-7-9-19/h11,13,17-20,22,24-25,28H,5-10,12,14-16H2,1-4H3/b13-11+. The fourth-order valence-corrected chi connectivity index (χ4v) is 7.58. The molecule has 2 bridgehead atoms. The molecule has 2 saturated heterocycles. The average Bonchev–Trinajstić information content (AvgIpc) is 3.28. The monoisotopic (exact) mass is 446 g/mol. The first-order valence-electron chi connectivity index (χ1n) is 12.9. The molecule has 2 aliphatic heterocycles. The van der Waals surface area contributed by atoms with Crippen molar-refractivity contribution in [1.82, 2.24) is 0 Å². The highest BCUT2D eigenvalue weighted by atomic mass is 16.6. The molecule has 0 amide bonds. The van der Waals surface area contributed by atoms with Gasteiger partial charge in [-0.3, -0.25) is 4.79 Å². The van der Waals surface area contributed by atoms with Crippen LogP contribution in [0.25, 0.3) is 0 Å². The SMILES string of the molecule is CC1CCC2C1C(OC(=O)/C=C/C1CCCCC1)C1(C(C)C)CC(CC(=O)CO)C2(C)O1. The Kier molecular flexibility index (Phi) is 6.89. The van der Waals surface area contributed by atoms with Crippen molar-refractivity contribution in [2.75, 3.05) is 6.61 Å². The number of ketones is 1. The highest BCUT2D eigenvalue weighted by Crippen LogP contribution is 2.65. The molecule has 7 unspecified atom stereocenters. The zero-order valence-electron chi connectivity index (χ0n) is 20.3. The van der Waals surface area contributed by atoms with Gasteiger partial charge >= 0.3 is 5.97 Å². The highest BCUT2D eigenvalue weighted by molar-refractivity contribution is 5.82. The molecule has 5 heteroatoms. The number of rotatable bonds is 7. The van der Waals surface area contributed by atoms with Gasteiger partial charge in [0.15, 0.2) is 5.78 Å². The number of carbonyl (C=O) groups excluding carboxylic acids is 2. The molecule has 0 spiro atoms. The molecule has 0 aromatic rings. The zero-order valence-corrected chi connectivity index (χ0v) is 20.3. The van der Waals surface area contributed by atoms with E-state index in [4.69, 9.17) is 9.47 Å². The zero-order chi connectivity index (χ0) is 23.1. The Morgan fingerprint density at radius 3 is 2.53 bits per heavy atom. The Morgan fingerprint density at radius 1 is 1.16 bits per heavy atom. The molecule has 4 aliphatic rings. The molecule has 0 radical (unpaired) electrons. The van der Waals surface area contributed by atoms with Crippen LogP contribution in [0.2, 0.25) is 0 Å². The second-order valence-electron chi connectivity index (χ2n) is 11.6. The Labute approximate surface area is 193 Å². The van der Waals surface area contributed by atoms with Crippen molar-refractivity contribution in [3.8, 4) is 0 Å². The van der Waals surface area contributed by atoms with Crippen LogP contribution < -0.4 is 0 Å². The molecule has 2 heterocycles. The lowest BCUT2D eigenvalue weighted by molar-refractivity contribution is -0.261. The van der Waals surface area contributed by atoms with Gasteiger partial charge in [0.25, 0.3) is 0 Å². The molecule has 4 fully saturated rings. The summed E-state index contributed by atoms with van der Waals surface area (Å²) in [5, 5.41) is 9.39. The molecular weight excluding hydrogens is 404 g/mol. The topological polar surface area (TPSA) is 72.8 Å². The molecule has 7 atom stereocenters. The minimum absolute atomic E-state index is 0.0452. The van der Waals surface area contributed by atoms with Crippen LogP contribution in [-0.4, -0.2) is 40.8 Å². The van der Waals surface area contributed by atoms with Crippen molar-refractivity contribution < 1.29 is 24.2 Å². The fourth-order valence-electron chi connectivity index (χ4n) is 7.58. The van der Waals surface area contributed by atoms with E-state index >= 15 is 0 Å². The molecule has 0 aromatic carbocycles. The van der Waals surface area contributed by atoms with Gasteiger partial charge in [0, 0.05) is 18.4 Å². The van der Waals surface area contributed by atoms with Gasteiger partial charge in [0.1, 0.15) is 18.3 Å². The summed E-state index contributed by atoms with van der Waals surface area (Å²) in [5.74, 6) is 1.28. The van der Waals surface area contributed by atoms with Crippen LogP contribution in [0.4, 0.5) is 0 Å². The van der Waals surface area contributed by atoms with Crippen molar-refractivity contribution >= 4 is 11.8 Å². The maximum Gasteiger partial charge on any atom is 0.330 e. The van der Waals surface area contributed by atoms with E-state index in [1.807, 2.05) is 0 Å². The summed E-state index contributed by atoms with van der Waals surface area (Å²) in [5.41, 5.74) is -0.991. The van der Waals surface area contributed by atoms with Gasteiger partial charge < -0.3 is 14.6 Å². The van der Waals surface area contributed by atoms with Crippen LogP contribution in [-0.2, 0) is 19.1 Å².